The highest BCUT2D eigenvalue weighted by molar-refractivity contribution is 6.31. The minimum atomic E-state index is 0.154. The van der Waals surface area contributed by atoms with Gasteiger partial charge in [0.25, 0.3) is 0 Å². The van der Waals surface area contributed by atoms with Crippen LogP contribution in [0.25, 0.3) is 11.1 Å². The van der Waals surface area contributed by atoms with Crippen LogP contribution in [-0.4, -0.2) is 20.2 Å². The van der Waals surface area contributed by atoms with E-state index in [1.165, 1.54) is 0 Å². The van der Waals surface area contributed by atoms with E-state index >= 15 is 0 Å². The standard InChI is InChI=1S/C15H13ClO3/c1-18-10-19-15-5-3-2-4-14(15)13-7-6-12(16)8-11(13)9-17/h2-9H,10H2,1H3. The van der Waals surface area contributed by atoms with Crippen LogP contribution < -0.4 is 4.74 Å². The molecule has 2 rings (SSSR count). The lowest BCUT2D eigenvalue weighted by Gasteiger charge is -2.12. The van der Waals surface area contributed by atoms with Crippen molar-refractivity contribution in [3.63, 3.8) is 0 Å². The monoisotopic (exact) mass is 276 g/mol. The summed E-state index contributed by atoms with van der Waals surface area (Å²) in [6, 6.07) is 12.7. The highest BCUT2D eigenvalue weighted by Gasteiger charge is 2.10. The molecule has 0 aliphatic rings. The third kappa shape index (κ3) is 3.13. The summed E-state index contributed by atoms with van der Waals surface area (Å²) in [6.07, 6.45) is 0.786. The van der Waals surface area contributed by atoms with Gasteiger partial charge in [0.2, 0.25) is 0 Å². The van der Waals surface area contributed by atoms with Crippen molar-refractivity contribution in [3.8, 4) is 16.9 Å². The summed E-state index contributed by atoms with van der Waals surface area (Å²) in [5, 5.41) is 0.529. The van der Waals surface area contributed by atoms with Gasteiger partial charge in [-0.25, -0.2) is 0 Å². The zero-order valence-corrected chi connectivity index (χ0v) is 11.2. The van der Waals surface area contributed by atoms with E-state index in [2.05, 4.69) is 0 Å². The summed E-state index contributed by atoms with van der Waals surface area (Å²) < 4.78 is 10.4. The van der Waals surface area contributed by atoms with Crippen molar-refractivity contribution in [2.24, 2.45) is 0 Å². The van der Waals surface area contributed by atoms with Crippen molar-refractivity contribution < 1.29 is 14.3 Å². The van der Waals surface area contributed by atoms with Gasteiger partial charge in [-0.15, -0.1) is 0 Å². The Morgan fingerprint density at radius 1 is 1.16 bits per heavy atom. The van der Waals surface area contributed by atoms with E-state index in [-0.39, 0.29) is 6.79 Å². The molecule has 0 aromatic heterocycles. The fraction of sp³-hybridized carbons (Fsp3) is 0.133. The third-order valence-electron chi connectivity index (χ3n) is 2.65. The Morgan fingerprint density at radius 2 is 1.95 bits per heavy atom. The molecule has 0 amide bonds. The molecule has 0 N–H and O–H groups in total. The molecule has 0 radical (unpaired) electrons. The van der Waals surface area contributed by atoms with E-state index in [1.54, 1.807) is 25.3 Å². The lowest BCUT2D eigenvalue weighted by atomic mass is 9.99. The molecule has 0 aliphatic heterocycles. The molecule has 0 fully saturated rings. The number of methoxy groups -OCH3 is 1. The van der Waals surface area contributed by atoms with Crippen LogP contribution in [0.4, 0.5) is 0 Å². The van der Waals surface area contributed by atoms with Gasteiger partial charge in [0.15, 0.2) is 13.1 Å². The predicted octanol–water partition coefficient (Wildman–Crippen LogP) is 3.80. The Kier molecular flexibility index (Phi) is 4.55. The van der Waals surface area contributed by atoms with Crippen LogP contribution in [0.2, 0.25) is 5.02 Å². The SMILES string of the molecule is COCOc1ccccc1-c1ccc(Cl)cc1C=O. The van der Waals surface area contributed by atoms with E-state index in [9.17, 15) is 4.79 Å². The number of ether oxygens (including phenoxy) is 2. The number of aldehydes is 1. The zero-order valence-electron chi connectivity index (χ0n) is 10.4. The second-order valence-corrected chi connectivity index (χ2v) is 4.33. The highest BCUT2D eigenvalue weighted by Crippen LogP contribution is 2.32. The van der Waals surface area contributed by atoms with E-state index in [1.807, 2.05) is 24.3 Å². The number of benzene rings is 2. The fourth-order valence-corrected chi connectivity index (χ4v) is 1.99. The van der Waals surface area contributed by atoms with Crippen molar-refractivity contribution in [2.45, 2.75) is 0 Å². The maximum atomic E-state index is 11.2. The van der Waals surface area contributed by atoms with Crippen LogP contribution in [0.3, 0.4) is 0 Å². The van der Waals surface area contributed by atoms with Gasteiger partial charge in [-0.3, -0.25) is 4.79 Å². The minimum absolute atomic E-state index is 0.154. The Bertz CT molecular complexity index is 581. The second kappa shape index (κ2) is 6.36. The van der Waals surface area contributed by atoms with Crippen molar-refractivity contribution in [1.29, 1.82) is 0 Å². The number of hydrogen-bond acceptors (Lipinski definition) is 3. The van der Waals surface area contributed by atoms with Gasteiger partial charge in [-0.05, 0) is 23.8 Å². The van der Waals surface area contributed by atoms with Crippen LogP contribution >= 0.6 is 11.6 Å². The van der Waals surface area contributed by atoms with Gasteiger partial charge in [0, 0.05) is 23.3 Å². The van der Waals surface area contributed by atoms with Crippen LogP contribution in [0.15, 0.2) is 42.5 Å². The number of halogens is 1. The largest absolute Gasteiger partial charge is 0.467 e. The van der Waals surface area contributed by atoms with Crippen LogP contribution in [0.5, 0.6) is 5.75 Å². The van der Waals surface area contributed by atoms with Crippen LogP contribution in [-0.2, 0) is 4.74 Å². The summed E-state index contributed by atoms with van der Waals surface area (Å²) in [5.41, 5.74) is 2.14. The normalized spacial score (nSPS) is 10.2. The first kappa shape index (κ1) is 13.6. The topological polar surface area (TPSA) is 35.5 Å². The molecule has 0 bridgehead atoms. The lowest BCUT2D eigenvalue weighted by Crippen LogP contribution is -2.00. The summed E-state index contributed by atoms with van der Waals surface area (Å²) in [7, 11) is 1.56. The summed E-state index contributed by atoms with van der Waals surface area (Å²) in [4.78, 5) is 11.2. The van der Waals surface area contributed by atoms with Crippen molar-refractivity contribution in [3.05, 3.63) is 53.1 Å². The molecule has 0 unspecified atom stereocenters. The highest BCUT2D eigenvalue weighted by atomic mass is 35.5. The average Bonchev–Trinajstić information content (AvgIpc) is 2.45. The summed E-state index contributed by atoms with van der Waals surface area (Å²) in [5.74, 6) is 0.662. The Morgan fingerprint density at radius 3 is 2.68 bits per heavy atom. The smallest absolute Gasteiger partial charge is 0.188 e. The second-order valence-electron chi connectivity index (χ2n) is 3.90. The maximum absolute atomic E-state index is 11.2. The molecule has 3 nitrogen and oxygen atoms in total. The van der Waals surface area contributed by atoms with Crippen molar-refractivity contribution >= 4 is 17.9 Å². The minimum Gasteiger partial charge on any atom is -0.467 e. The number of hydrogen-bond donors (Lipinski definition) is 0. The molecule has 2 aromatic carbocycles. The molecular formula is C15H13ClO3. The maximum Gasteiger partial charge on any atom is 0.188 e. The summed E-state index contributed by atoms with van der Waals surface area (Å²) >= 11 is 5.90. The van der Waals surface area contributed by atoms with Crippen molar-refractivity contribution in [2.75, 3.05) is 13.9 Å². The number of rotatable bonds is 5. The molecule has 0 spiro atoms. The van der Waals surface area contributed by atoms with E-state index < -0.39 is 0 Å². The third-order valence-corrected chi connectivity index (χ3v) is 2.89. The first-order chi connectivity index (χ1) is 9.26. The fourth-order valence-electron chi connectivity index (χ4n) is 1.81. The zero-order chi connectivity index (χ0) is 13.7. The predicted molar refractivity (Wildman–Crippen MR) is 74.8 cm³/mol. The number of para-hydroxylation sites is 1. The van der Waals surface area contributed by atoms with Crippen LogP contribution in [0, 0.1) is 0 Å². The molecule has 19 heavy (non-hydrogen) atoms. The number of carbonyl (C=O) groups is 1. The van der Waals surface area contributed by atoms with Gasteiger partial charge in [0.1, 0.15) is 5.75 Å². The molecule has 0 atom stereocenters. The molecule has 0 saturated heterocycles. The Hall–Kier alpha value is -1.84. The van der Waals surface area contributed by atoms with Gasteiger partial charge >= 0.3 is 0 Å². The summed E-state index contributed by atoms with van der Waals surface area (Å²) in [6.45, 7) is 0.154. The van der Waals surface area contributed by atoms with Crippen molar-refractivity contribution in [1.82, 2.24) is 0 Å². The first-order valence-electron chi connectivity index (χ1n) is 5.72. The molecule has 0 aliphatic carbocycles. The Labute approximate surface area is 116 Å². The lowest BCUT2D eigenvalue weighted by molar-refractivity contribution is 0.0515. The molecule has 0 saturated carbocycles. The van der Waals surface area contributed by atoms with Gasteiger partial charge in [-0.1, -0.05) is 35.9 Å². The molecular weight excluding hydrogens is 264 g/mol. The Balaban J connectivity index is 2.49. The molecule has 0 heterocycles. The van der Waals surface area contributed by atoms with E-state index in [0.29, 0.717) is 16.3 Å². The van der Waals surface area contributed by atoms with Gasteiger partial charge < -0.3 is 9.47 Å². The van der Waals surface area contributed by atoms with Crippen LogP contribution in [0.1, 0.15) is 10.4 Å². The molecule has 4 heteroatoms. The van der Waals surface area contributed by atoms with Gasteiger partial charge in [-0.2, -0.15) is 0 Å². The first-order valence-corrected chi connectivity index (χ1v) is 6.10. The molecule has 2 aromatic rings. The van der Waals surface area contributed by atoms with E-state index in [4.69, 9.17) is 21.1 Å². The quantitative estimate of drug-likeness (QED) is 0.615. The molecule has 98 valence electrons. The van der Waals surface area contributed by atoms with Gasteiger partial charge in [0.05, 0.1) is 0 Å². The average molecular weight is 277 g/mol. The number of carbonyl (C=O) groups excluding carboxylic acids is 1. The van der Waals surface area contributed by atoms with E-state index in [0.717, 1.165) is 17.4 Å².